The fourth-order valence-corrected chi connectivity index (χ4v) is 2.41. The van der Waals surface area contributed by atoms with E-state index in [0.29, 0.717) is 18.3 Å². The molecule has 2 aliphatic carbocycles. The Kier molecular flexibility index (Phi) is 2.90. The molecule has 0 amide bonds. The Labute approximate surface area is 85.3 Å². The van der Waals surface area contributed by atoms with Gasteiger partial charge in [0.15, 0.2) is 0 Å². The van der Waals surface area contributed by atoms with Crippen LogP contribution in [0.3, 0.4) is 0 Å². The molecule has 78 valence electrons. The summed E-state index contributed by atoms with van der Waals surface area (Å²) < 4.78 is 5.46. The lowest BCUT2D eigenvalue weighted by atomic mass is 10.0. The predicted molar refractivity (Wildman–Crippen MR) is 54.8 cm³/mol. The van der Waals surface area contributed by atoms with E-state index in [0.717, 1.165) is 19.3 Å². The third-order valence-electron chi connectivity index (χ3n) is 3.24. The second-order valence-corrected chi connectivity index (χ2v) is 4.41. The lowest BCUT2D eigenvalue weighted by Crippen LogP contribution is -2.22. The molecule has 2 nitrogen and oxygen atoms in total. The predicted octanol–water partition coefficient (Wildman–Crippen LogP) is 2.68. The standard InChI is InChI=1S/C12H18O2/c1-2-3-4-12(13)14-11-8-9-5-6-10(11)7-9/h5-6,9-11H,2-4,7-8H2,1H3. The first-order chi connectivity index (χ1) is 6.79. The summed E-state index contributed by atoms with van der Waals surface area (Å²) in [5, 5.41) is 0. The zero-order chi connectivity index (χ0) is 9.97. The zero-order valence-electron chi connectivity index (χ0n) is 8.74. The van der Waals surface area contributed by atoms with Crippen LogP contribution in [0.5, 0.6) is 0 Å². The Bertz CT molecular complexity index is 245. The van der Waals surface area contributed by atoms with Crippen LogP contribution in [-0.2, 0) is 9.53 Å². The Balaban J connectivity index is 1.76. The van der Waals surface area contributed by atoms with Crippen LogP contribution < -0.4 is 0 Å². The smallest absolute Gasteiger partial charge is 0.306 e. The molecule has 3 atom stereocenters. The molecular weight excluding hydrogens is 176 g/mol. The first kappa shape index (κ1) is 9.75. The molecule has 2 aliphatic rings. The summed E-state index contributed by atoms with van der Waals surface area (Å²) in [6.07, 6.45) is 9.53. The van der Waals surface area contributed by atoms with E-state index in [-0.39, 0.29) is 12.1 Å². The minimum Gasteiger partial charge on any atom is -0.462 e. The minimum absolute atomic E-state index is 0.00204. The number of fused-ring (bicyclic) bond motifs is 2. The van der Waals surface area contributed by atoms with Crippen LogP contribution in [-0.4, -0.2) is 12.1 Å². The molecule has 3 unspecified atom stereocenters. The SMILES string of the molecule is CCCCC(=O)OC1CC2C=CC1C2. The number of esters is 1. The summed E-state index contributed by atoms with van der Waals surface area (Å²) in [4.78, 5) is 11.4. The average Bonchev–Trinajstić information content (AvgIpc) is 2.76. The van der Waals surface area contributed by atoms with Gasteiger partial charge in [-0.2, -0.15) is 0 Å². The normalized spacial score (nSPS) is 33.6. The molecule has 0 aliphatic heterocycles. The Morgan fingerprint density at radius 2 is 2.29 bits per heavy atom. The van der Waals surface area contributed by atoms with E-state index in [2.05, 4.69) is 19.1 Å². The zero-order valence-corrected chi connectivity index (χ0v) is 8.74. The van der Waals surface area contributed by atoms with Crippen molar-refractivity contribution in [2.75, 3.05) is 0 Å². The fourth-order valence-electron chi connectivity index (χ4n) is 2.41. The maximum Gasteiger partial charge on any atom is 0.306 e. The topological polar surface area (TPSA) is 26.3 Å². The van der Waals surface area contributed by atoms with Gasteiger partial charge in [0.25, 0.3) is 0 Å². The third kappa shape index (κ3) is 1.99. The Hall–Kier alpha value is -0.790. The van der Waals surface area contributed by atoms with Crippen molar-refractivity contribution in [1.82, 2.24) is 0 Å². The van der Waals surface area contributed by atoms with Crippen molar-refractivity contribution >= 4 is 5.97 Å². The summed E-state index contributed by atoms with van der Waals surface area (Å²) in [7, 11) is 0. The highest BCUT2D eigenvalue weighted by molar-refractivity contribution is 5.69. The van der Waals surface area contributed by atoms with E-state index < -0.39 is 0 Å². The monoisotopic (exact) mass is 194 g/mol. The summed E-state index contributed by atoms with van der Waals surface area (Å²) in [5.41, 5.74) is 0. The molecule has 2 rings (SSSR count). The molecular formula is C12H18O2. The van der Waals surface area contributed by atoms with Crippen molar-refractivity contribution in [2.45, 2.75) is 45.1 Å². The summed E-state index contributed by atoms with van der Waals surface area (Å²) in [6, 6.07) is 0. The maximum absolute atomic E-state index is 11.4. The van der Waals surface area contributed by atoms with Gasteiger partial charge in [0, 0.05) is 12.3 Å². The Morgan fingerprint density at radius 1 is 1.43 bits per heavy atom. The van der Waals surface area contributed by atoms with E-state index in [1.165, 1.54) is 6.42 Å². The Morgan fingerprint density at radius 3 is 2.86 bits per heavy atom. The second kappa shape index (κ2) is 4.16. The first-order valence-corrected chi connectivity index (χ1v) is 5.67. The molecule has 0 aromatic carbocycles. The van der Waals surface area contributed by atoms with Crippen molar-refractivity contribution in [1.29, 1.82) is 0 Å². The van der Waals surface area contributed by atoms with Crippen molar-refractivity contribution in [3.05, 3.63) is 12.2 Å². The quantitative estimate of drug-likeness (QED) is 0.508. The molecule has 0 aromatic rings. The number of rotatable bonds is 4. The van der Waals surface area contributed by atoms with E-state index in [1.54, 1.807) is 0 Å². The number of carbonyl (C=O) groups excluding carboxylic acids is 1. The lowest BCUT2D eigenvalue weighted by Gasteiger charge is -2.18. The van der Waals surface area contributed by atoms with E-state index in [1.807, 2.05) is 0 Å². The van der Waals surface area contributed by atoms with Crippen LogP contribution in [0.15, 0.2) is 12.2 Å². The van der Waals surface area contributed by atoms with Crippen molar-refractivity contribution in [2.24, 2.45) is 11.8 Å². The molecule has 1 saturated carbocycles. The summed E-state index contributed by atoms with van der Waals surface area (Å²) >= 11 is 0. The van der Waals surface area contributed by atoms with Crippen LogP contribution >= 0.6 is 0 Å². The number of hydrogen-bond acceptors (Lipinski definition) is 2. The summed E-state index contributed by atoms with van der Waals surface area (Å²) in [5.74, 6) is 1.20. The molecule has 2 bridgehead atoms. The average molecular weight is 194 g/mol. The molecule has 0 heterocycles. The van der Waals surface area contributed by atoms with Gasteiger partial charge in [-0.05, 0) is 25.2 Å². The van der Waals surface area contributed by atoms with Crippen LogP contribution in [0.25, 0.3) is 0 Å². The third-order valence-corrected chi connectivity index (χ3v) is 3.24. The van der Waals surface area contributed by atoms with Crippen LogP contribution in [0.2, 0.25) is 0 Å². The van der Waals surface area contributed by atoms with Crippen LogP contribution in [0.1, 0.15) is 39.0 Å². The molecule has 0 radical (unpaired) electrons. The first-order valence-electron chi connectivity index (χ1n) is 5.67. The van der Waals surface area contributed by atoms with Gasteiger partial charge in [-0.15, -0.1) is 0 Å². The molecule has 0 spiro atoms. The van der Waals surface area contributed by atoms with Gasteiger partial charge in [0.1, 0.15) is 6.10 Å². The maximum atomic E-state index is 11.4. The largest absolute Gasteiger partial charge is 0.462 e. The number of allylic oxidation sites excluding steroid dienone is 1. The van der Waals surface area contributed by atoms with Crippen molar-refractivity contribution < 1.29 is 9.53 Å². The second-order valence-electron chi connectivity index (χ2n) is 4.41. The van der Waals surface area contributed by atoms with Gasteiger partial charge in [0.2, 0.25) is 0 Å². The number of hydrogen-bond donors (Lipinski definition) is 0. The van der Waals surface area contributed by atoms with Crippen molar-refractivity contribution in [3.8, 4) is 0 Å². The number of carbonyl (C=O) groups is 1. The van der Waals surface area contributed by atoms with Crippen LogP contribution in [0, 0.1) is 11.8 Å². The van der Waals surface area contributed by atoms with E-state index >= 15 is 0 Å². The molecule has 1 fully saturated rings. The van der Waals surface area contributed by atoms with E-state index in [4.69, 9.17) is 4.74 Å². The highest BCUT2D eigenvalue weighted by Crippen LogP contribution is 2.40. The highest BCUT2D eigenvalue weighted by Gasteiger charge is 2.37. The van der Waals surface area contributed by atoms with Crippen LogP contribution in [0.4, 0.5) is 0 Å². The minimum atomic E-state index is -0.00204. The fraction of sp³-hybridized carbons (Fsp3) is 0.750. The molecule has 2 heteroatoms. The van der Waals surface area contributed by atoms with E-state index in [9.17, 15) is 4.79 Å². The molecule has 14 heavy (non-hydrogen) atoms. The molecule has 0 aromatic heterocycles. The van der Waals surface area contributed by atoms with Gasteiger partial charge in [0.05, 0.1) is 0 Å². The van der Waals surface area contributed by atoms with Gasteiger partial charge in [-0.3, -0.25) is 4.79 Å². The number of unbranched alkanes of at least 4 members (excludes halogenated alkanes) is 1. The highest BCUT2D eigenvalue weighted by atomic mass is 16.5. The summed E-state index contributed by atoms with van der Waals surface area (Å²) in [6.45, 7) is 2.09. The van der Waals surface area contributed by atoms with Gasteiger partial charge < -0.3 is 4.74 Å². The van der Waals surface area contributed by atoms with Crippen molar-refractivity contribution in [3.63, 3.8) is 0 Å². The van der Waals surface area contributed by atoms with Gasteiger partial charge >= 0.3 is 5.97 Å². The van der Waals surface area contributed by atoms with Gasteiger partial charge in [-0.1, -0.05) is 25.5 Å². The molecule has 0 N–H and O–H groups in total. The number of ether oxygens (including phenoxy) is 1. The molecule has 0 saturated heterocycles. The lowest BCUT2D eigenvalue weighted by molar-refractivity contribution is -0.150. The van der Waals surface area contributed by atoms with Gasteiger partial charge in [-0.25, -0.2) is 0 Å².